The fourth-order valence-corrected chi connectivity index (χ4v) is 6.02. The number of hydrogen-bond donors (Lipinski definition) is 1. The molecular formula is C31H36ClF5N6O3. The SMILES string of the molecule is Cc1cc(C(F)(F)F)cc(N2C(=O)C[C@@H]3CN(CCCC(F)(F)CNC(=O)/C=C/CN(C)C)c4c(Cl)cccc4N(C)C(=O)[C@H]32)n1. The molecule has 1 aromatic heterocycles. The van der Waals surface area contributed by atoms with E-state index in [1.54, 1.807) is 43.3 Å². The van der Waals surface area contributed by atoms with E-state index in [2.05, 4.69) is 10.3 Å². The lowest BCUT2D eigenvalue weighted by molar-refractivity contribution is -0.137. The van der Waals surface area contributed by atoms with Crippen molar-refractivity contribution in [3.05, 3.63) is 58.8 Å². The number of rotatable bonds is 10. The maximum atomic E-state index is 14.8. The van der Waals surface area contributed by atoms with Gasteiger partial charge in [-0.1, -0.05) is 23.7 Å². The van der Waals surface area contributed by atoms with Crippen molar-refractivity contribution in [2.45, 2.75) is 44.3 Å². The Morgan fingerprint density at radius 2 is 1.89 bits per heavy atom. The number of halogens is 6. The van der Waals surface area contributed by atoms with Crippen LogP contribution in [0, 0.1) is 12.8 Å². The number of aromatic nitrogens is 1. The van der Waals surface area contributed by atoms with Crippen LogP contribution >= 0.6 is 11.6 Å². The number of likely N-dealkylation sites (N-methyl/N-ethyl adjacent to an activating group) is 2. The summed E-state index contributed by atoms with van der Waals surface area (Å²) in [5.74, 6) is -5.98. The quantitative estimate of drug-likeness (QED) is 0.286. The highest BCUT2D eigenvalue weighted by atomic mass is 35.5. The minimum Gasteiger partial charge on any atom is -0.368 e. The van der Waals surface area contributed by atoms with Gasteiger partial charge in [0, 0.05) is 57.2 Å². The molecule has 0 radical (unpaired) electrons. The fourth-order valence-electron chi connectivity index (χ4n) is 5.73. The van der Waals surface area contributed by atoms with Crippen LogP contribution in [-0.4, -0.2) is 86.9 Å². The molecule has 46 heavy (non-hydrogen) atoms. The lowest BCUT2D eigenvalue weighted by Gasteiger charge is -2.39. The summed E-state index contributed by atoms with van der Waals surface area (Å²) in [5, 5.41) is 2.48. The van der Waals surface area contributed by atoms with Crippen LogP contribution in [0.1, 0.15) is 30.5 Å². The number of alkyl halides is 5. The van der Waals surface area contributed by atoms with Gasteiger partial charge in [0.2, 0.25) is 17.7 Å². The van der Waals surface area contributed by atoms with Crippen LogP contribution in [0.25, 0.3) is 0 Å². The van der Waals surface area contributed by atoms with Gasteiger partial charge in [-0.05, 0) is 51.7 Å². The number of anilines is 3. The summed E-state index contributed by atoms with van der Waals surface area (Å²) in [6.07, 6.45) is -2.73. The summed E-state index contributed by atoms with van der Waals surface area (Å²) in [6.45, 7) is 1.09. The van der Waals surface area contributed by atoms with Crippen molar-refractivity contribution >= 4 is 46.5 Å². The van der Waals surface area contributed by atoms with Gasteiger partial charge in [0.05, 0.1) is 28.5 Å². The number of para-hydroxylation sites is 1. The Kier molecular flexibility index (Phi) is 10.6. The average molecular weight is 671 g/mol. The minimum absolute atomic E-state index is 0.0215. The van der Waals surface area contributed by atoms with Gasteiger partial charge in [0.15, 0.2) is 0 Å². The molecule has 0 saturated carbocycles. The van der Waals surface area contributed by atoms with Gasteiger partial charge in [-0.25, -0.2) is 13.8 Å². The van der Waals surface area contributed by atoms with E-state index in [-0.39, 0.29) is 42.5 Å². The number of nitrogens with one attached hydrogen (secondary N) is 1. The molecule has 4 rings (SSSR count). The molecule has 0 unspecified atom stereocenters. The Labute approximate surface area is 269 Å². The number of aryl methyl sites for hydroxylation is 1. The summed E-state index contributed by atoms with van der Waals surface area (Å²) in [5.41, 5.74) is -0.210. The van der Waals surface area contributed by atoms with Crippen LogP contribution in [0.3, 0.4) is 0 Å². The van der Waals surface area contributed by atoms with E-state index in [1.807, 2.05) is 4.90 Å². The lowest BCUT2D eigenvalue weighted by Crippen LogP contribution is -2.52. The van der Waals surface area contributed by atoms with Gasteiger partial charge in [-0.3, -0.25) is 19.3 Å². The normalized spacial score (nSPS) is 19.1. The third-order valence-corrected chi connectivity index (χ3v) is 8.16. The highest BCUT2D eigenvalue weighted by molar-refractivity contribution is 6.34. The third kappa shape index (κ3) is 8.13. The number of pyridine rings is 1. The predicted octanol–water partition coefficient (Wildman–Crippen LogP) is 4.92. The Morgan fingerprint density at radius 1 is 1.17 bits per heavy atom. The number of carbonyl (C=O) groups excluding carboxylic acids is 3. The van der Waals surface area contributed by atoms with Crippen molar-refractivity contribution in [1.29, 1.82) is 0 Å². The summed E-state index contributed by atoms with van der Waals surface area (Å²) >= 11 is 6.59. The van der Waals surface area contributed by atoms with Crippen LogP contribution in [0.5, 0.6) is 0 Å². The summed E-state index contributed by atoms with van der Waals surface area (Å²) in [4.78, 5) is 49.2. The van der Waals surface area contributed by atoms with E-state index in [9.17, 15) is 36.3 Å². The zero-order chi connectivity index (χ0) is 34.0. The first-order chi connectivity index (χ1) is 21.5. The van der Waals surface area contributed by atoms with E-state index >= 15 is 0 Å². The Balaban J connectivity index is 1.58. The number of carbonyl (C=O) groups is 3. The van der Waals surface area contributed by atoms with Crippen LogP contribution in [-0.2, 0) is 20.6 Å². The number of hydrogen-bond acceptors (Lipinski definition) is 6. The molecule has 1 aromatic carbocycles. The highest BCUT2D eigenvalue weighted by Crippen LogP contribution is 2.43. The zero-order valence-corrected chi connectivity index (χ0v) is 26.6. The first kappa shape index (κ1) is 35.1. The van der Waals surface area contributed by atoms with E-state index < -0.39 is 60.3 Å². The Hall–Kier alpha value is -3.78. The van der Waals surface area contributed by atoms with Crippen LogP contribution in [0.4, 0.5) is 39.1 Å². The number of amides is 3. The van der Waals surface area contributed by atoms with Gasteiger partial charge >= 0.3 is 6.18 Å². The van der Waals surface area contributed by atoms with E-state index in [0.717, 1.165) is 17.0 Å². The first-order valence-electron chi connectivity index (χ1n) is 14.6. The van der Waals surface area contributed by atoms with Crippen molar-refractivity contribution in [2.75, 3.05) is 62.0 Å². The van der Waals surface area contributed by atoms with E-state index in [1.165, 1.54) is 24.9 Å². The minimum atomic E-state index is -4.70. The van der Waals surface area contributed by atoms with Crippen molar-refractivity contribution in [1.82, 2.24) is 15.2 Å². The second-order valence-electron chi connectivity index (χ2n) is 11.8. The highest BCUT2D eigenvalue weighted by Gasteiger charge is 2.49. The molecule has 3 heterocycles. The summed E-state index contributed by atoms with van der Waals surface area (Å²) in [7, 11) is 5.08. The molecule has 1 N–H and O–H groups in total. The second-order valence-corrected chi connectivity index (χ2v) is 12.2. The van der Waals surface area contributed by atoms with Crippen molar-refractivity contribution in [2.24, 2.45) is 5.92 Å². The van der Waals surface area contributed by atoms with Crippen molar-refractivity contribution in [3.8, 4) is 0 Å². The zero-order valence-electron chi connectivity index (χ0n) is 25.9. The van der Waals surface area contributed by atoms with Crippen LogP contribution < -0.4 is 20.0 Å². The maximum Gasteiger partial charge on any atom is 0.416 e. The van der Waals surface area contributed by atoms with Gasteiger partial charge in [0.1, 0.15) is 11.9 Å². The number of benzene rings is 1. The van der Waals surface area contributed by atoms with Crippen molar-refractivity contribution < 1.29 is 36.3 Å². The Morgan fingerprint density at radius 3 is 2.57 bits per heavy atom. The number of fused-ring (bicyclic) bond motifs is 2. The van der Waals surface area contributed by atoms with Crippen LogP contribution in [0.15, 0.2) is 42.5 Å². The molecule has 0 spiro atoms. The molecular weight excluding hydrogens is 635 g/mol. The smallest absolute Gasteiger partial charge is 0.368 e. The Bertz CT molecular complexity index is 1500. The van der Waals surface area contributed by atoms with Crippen molar-refractivity contribution in [3.63, 3.8) is 0 Å². The summed E-state index contributed by atoms with van der Waals surface area (Å²) < 4.78 is 70.5. The molecule has 1 fully saturated rings. The molecule has 2 aliphatic rings. The molecule has 250 valence electrons. The molecule has 15 heteroatoms. The van der Waals surface area contributed by atoms with E-state index in [4.69, 9.17) is 11.6 Å². The van der Waals surface area contributed by atoms with Crippen LogP contribution in [0.2, 0.25) is 5.02 Å². The maximum absolute atomic E-state index is 14.8. The fraction of sp³-hybridized carbons (Fsp3) is 0.484. The predicted molar refractivity (Wildman–Crippen MR) is 165 cm³/mol. The average Bonchev–Trinajstić information content (AvgIpc) is 3.28. The molecule has 0 bridgehead atoms. The molecule has 2 aliphatic heterocycles. The lowest BCUT2D eigenvalue weighted by atomic mass is 9.95. The molecule has 3 amide bonds. The van der Waals surface area contributed by atoms with Gasteiger partial charge < -0.3 is 20.0 Å². The molecule has 1 saturated heterocycles. The largest absolute Gasteiger partial charge is 0.416 e. The molecule has 2 aromatic rings. The van der Waals surface area contributed by atoms with E-state index in [0.29, 0.717) is 17.9 Å². The molecule has 9 nitrogen and oxygen atoms in total. The second kappa shape index (κ2) is 13.9. The summed E-state index contributed by atoms with van der Waals surface area (Å²) in [6, 6.07) is 5.24. The van der Waals surface area contributed by atoms with Gasteiger partial charge in [0.25, 0.3) is 5.92 Å². The molecule has 0 aliphatic carbocycles. The first-order valence-corrected chi connectivity index (χ1v) is 15.0. The standard InChI is InChI=1S/C31H36ClF5N6O3/c1-19-14-21(31(35,36)37)16-24(39-19)43-26(45)15-20-17-42(28-22(32)8-5-9-23(28)41(4)29(46)27(20)43)13-7-11-30(33,34)18-38-25(44)10-6-12-40(2)3/h5-6,8-10,14,16,20,27H,7,11-13,15,17-18H2,1-4H3,(H,38,44)/b10-6+/t20-,27+/m1/s1. The third-order valence-electron chi connectivity index (χ3n) is 7.86. The van der Waals surface area contributed by atoms with Gasteiger partial charge in [-0.2, -0.15) is 13.2 Å². The number of nitrogens with zero attached hydrogens (tertiary/aromatic N) is 5. The van der Waals surface area contributed by atoms with Gasteiger partial charge in [-0.15, -0.1) is 0 Å². The topological polar surface area (TPSA) is 89.1 Å². The molecule has 2 atom stereocenters. The monoisotopic (exact) mass is 670 g/mol.